The van der Waals surface area contributed by atoms with Crippen LogP contribution in [0, 0.1) is 0 Å². The van der Waals surface area contributed by atoms with Gasteiger partial charge in [-0.05, 0) is 18.6 Å². The molecule has 0 amide bonds. The first-order chi connectivity index (χ1) is 14.6. The monoisotopic (exact) mass is 420 g/mol. The summed E-state index contributed by atoms with van der Waals surface area (Å²) in [6, 6.07) is 3.81. The molecule has 0 bridgehead atoms. The summed E-state index contributed by atoms with van der Waals surface area (Å²) in [6.45, 7) is 0.411. The summed E-state index contributed by atoms with van der Waals surface area (Å²) in [6.07, 6.45) is 0.668. The van der Waals surface area contributed by atoms with Crippen molar-refractivity contribution in [1.29, 1.82) is 0 Å². The second-order valence-electron chi connectivity index (χ2n) is 6.61. The lowest BCUT2D eigenvalue weighted by molar-refractivity contribution is 0.234. The van der Waals surface area contributed by atoms with Gasteiger partial charge in [0, 0.05) is 17.0 Å². The van der Waals surface area contributed by atoms with Gasteiger partial charge in [0.05, 0.1) is 56.4 Å². The molecule has 1 unspecified atom stereocenters. The average molecular weight is 420 g/mol. The lowest BCUT2D eigenvalue weighted by Crippen LogP contribution is -2.21. The van der Waals surface area contributed by atoms with Gasteiger partial charge in [0.1, 0.15) is 0 Å². The second-order valence-corrected chi connectivity index (χ2v) is 6.61. The van der Waals surface area contributed by atoms with Crippen molar-refractivity contribution < 1.29 is 37.9 Å². The molecule has 2 aromatic carbocycles. The molecule has 30 heavy (non-hydrogen) atoms. The highest BCUT2D eigenvalue weighted by Gasteiger charge is 2.33. The molecule has 0 radical (unpaired) electrons. The van der Waals surface area contributed by atoms with Crippen LogP contribution in [-0.2, 0) is 6.42 Å². The lowest BCUT2D eigenvalue weighted by Gasteiger charge is -2.30. The number of benzene rings is 2. The van der Waals surface area contributed by atoms with Crippen LogP contribution < -0.4 is 37.9 Å². The fourth-order valence-corrected chi connectivity index (χ4v) is 3.86. The molecular formula is C22H28O8. The molecule has 2 aromatic rings. The Kier molecular flexibility index (Phi) is 6.54. The Morgan fingerprint density at radius 3 is 1.70 bits per heavy atom. The number of rotatable bonds is 8. The predicted molar refractivity (Wildman–Crippen MR) is 111 cm³/mol. The minimum atomic E-state index is -0.0241. The van der Waals surface area contributed by atoms with Gasteiger partial charge in [0.25, 0.3) is 0 Å². The summed E-state index contributed by atoms with van der Waals surface area (Å²) in [7, 11) is 11.1. The quantitative estimate of drug-likeness (QED) is 0.643. The van der Waals surface area contributed by atoms with Crippen molar-refractivity contribution in [2.75, 3.05) is 56.4 Å². The normalized spacial score (nSPS) is 14.8. The van der Waals surface area contributed by atoms with Crippen molar-refractivity contribution >= 4 is 0 Å². The van der Waals surface area contributed by atoms with Gasteiger partial charge in [-0.2, -0.15) is 0 Å². The van der Waals surface area contributed by atoms with Crippen molar-refractivity contribution in [2.45, 2.75) is 12.3 Å². The highest BCUT2D eigenvalue weighted by molar-refractivity contribution is 5.66. The zero-order chi connectivity index (χ0) is 21.8. The molecule has 1 heterocycles. The van der Waals surface area contributed by atoms with Gasteiger partial charge < -0.3 is 37.9 Å². The van der Waals surface area contributed by atoms with E-state index in [0.29, 0.717) is 59.0 Å². The van der Waals surface area contributed by atoms with Crippen LogP contribution in [0.5, 0.6) is 46.0 Å². The van der Waals surface area contributed by atoms with Crippen LogP contribution in [0.4, 0.5) is 0 Å². The molecule has 0 aromatic heterocycles. The fourth-order valence-electron chi connectivity index (χ4n) is 3.86. The third-order valence-electron chi connectivity index (χ3n) is 5.21. The van der Waals surface area contributed by atoms with Crippen molar-refractivity contribution in [3.8, 4) is 46.0 Å². The average Bonchev–Trinajstić information content (AvgIpc) is 2.80. The van der Waals surface area contributed by atoms with Crippen molar-refractivity contribution in [1.82, 2.24) is 0 Å². The van der Waals surface area contributed by atoms with E-state index in [1.807, 2.05) is 12.1 Å². The summed E-state index contributed by atoms with van der Waals surface area (Å²) in [4.78, 5) is 0. The molecule has 1 atom stereocenters. The van der Waals surface area contributed by atoms with E-state index in [0.717, 1.165) is 11.1 Å². The first-order valence-corrected chi connectivity index (χ1v) is 9.39. The third kappa shape index (κ3) is 3.46. The molecule has 0 spiro atoms. The van der Waals surface area contributed by atoms with E-state index >= 15 is 0 Å². The Bertz CT molecular complexity index is 909. The van der Waals surface area contributed by atoms with Crippen LogP contribution in [0.3, 0.4) is 0 Å². The summed E-state index contributed by atoms with van der Waals surface area (Å²) < 4.78 is 44.9. The van der Waals surface area contributed by atoms with Crippen molar-refractivity contribution in [3.05, 3.63) is 23.3 Å². The lowest BCUT2D eigenvalue weighted by atomic mass is 9.88. The zero-order valence-electron chi connectivity index (χ0n) is 18.4. The molecule has 0 saturated heterocycles. The maximum Gasteiger partial charge on any atom is 0.207 e. The highest BCUT2D eigenvalue weighted by Crippen LogP contribution is 2.53. The van der Waals surface area contributed by atoms with Gasteiger partial charge in [-0.25, -0.2) is 0 Å². The Balaban J connectivity index is 2.11. The van der Waals surface area contributed by atoms with E-state index in [2.05, 4.69) is 0 Å². The smallest absolute Gasteiger partial charge is 0.207 e. The predicted octanol–water partition coefficient (Wildman–Crippen LogP) is 3.47. The number of fused-ring (bicyclic) bond motifs is 1. The van der Waals surface area contributed by atoms with Crippen molar-refractivity contribution in [3.63, 3.8) is 0 Å². The minimum absolute atomic E-state index is 0.0241. The summed E-state index contributed by atoms with van der Waals surface area (Å²) in [5, 5.41) is 0. The maximum atomic E-state index is 6.13. The van der Waals surface area contributed by atoms with Gasteiger partial charge in [0.2, 0.25) is 23.0 Å². The first kappa shape index (κ1) is 21.5. The molecule has 8 heteroatoms. The van der Waals surface area contributed by atoms with Crippen LogP contribution >= 0.6 is 0 Å². The highest BCUT2D eigenvalue weighted by atomic mass is 16.6. The number of hydrogen-bond acceptors (Lipinski definition) is 8. The first-order valence-electron chi connectivity index (χ1n) is 9.39. The molecule has 8 nitrogen and oxygen atoms in total. The van der Waals surface area contributed by atoms with Crippen LogP contribution in [0.15, 0.2) is 12.1 Å². The third-order valence-corrected chi connectivity index (χ3v) is 5.21. The molecular weight excluding hydrogens is 392 g/mol. The van der Waals surface area contributed by atoms with Gasteiger partial charge in [-0.15, -0.1) is 0 Å². The van der Waals surface area contributed by atoms with Gasteiger partial charge in [-0.1, -0.05) is 0 Å². The van der Waals surface area contributed by atoms with Crippen LogP contribution in [-0.4, -0.2) is 56.4 Å². The molecule has 164 valence electrons. The second kappa shape index (κ2) is 9.11. The minimum Gasteiger partial charge on any atom is -0.493 e. The van der Waals surface area contributed by atoms with Gasteiger partial charge in [0.15, 0.2) is 23.0 Å². The molecule has 0 N–H and O–H groups in total. The Labute approximate surface area is 176 Å². The van der Waals surface area contributed by atoms with E-state index in [1.165, 1.54) is 0 Å². The van der Waals surface area contributed by atoms with Crippen LogP contribution in [0.1, 0.15) is 17.0 Å². The van der Waals surface area contributed by atoms with Gasteiger partial charge in [-0.3, -0.25) is 0 Å². The number of hydrogen-bond donors (Lipinski definition) is 0. The van der Waals surface area contributed by atoms with Crippen LogP contribution in [0.25, 0.3) is 0 Å². The van der Waals surface area contributed by atoms with Gasteiger partial charge >= 0.3 is 0 Å². The van der Waals surface area contributed by atoms with Crippen LogP contribution in [0.2, 0.25) is 0 Å². The molecule has 1 aliphatic rings. The molecule has 3 rings (SSSR count). The summed E-state index contributed by atoms with van der Waals surface area (Å²) in [5.74, 6) is 4.32. The van der Waals surface area contributed by atoms with E-state index in [9.17, 15) is 0 Å². The SMILES string of the molecule is COc1cc2c(c(OC)c1OC)OCC(c1cc(OC)c(OC)c(OC)c1OC)C2. The largest absolute Gasteiger partial charge is 0.493 e. The van der Waals surface area contributed by atoms with Crippen molar-refractivity contribution in [2.24, 2.45) is 0 Å². The van der Waals surface area contributed by atoms with E-state index in [-0.39, 0.29) is 5.92 Å². The van der Waals surface area contributed by atoms with E-state index in [4.69, 9.17) is 37.9 Å². The Morgan fingerprint density at radius 1 is 0.633 bits per heavy atom. The molecule has 0 aliphatic carbocycles. The Hall–Kier alpha value is -3.16. The fraction of sp³-hybridized carbons (Fsp3) is 0.455. The topological polar surface area (TPSA) is 73.8 Å². The standard InChI is InChI=1S/C22H28O8/c1-23-15-9-12-8-13(11-30-17(12)21(28-6)19(15)26-4)14-10-16(24-2)20(27-5)22(29-7)18(14)25-3/h9-10,13H,8,11H2,1-7H3. The molecule has 0 fully saturated rings. The summed E-state index contributed by atoms with van der Waals surface area (Å²) >= 11 is 0. The van der Waals surface area contributed by atoms with E-state index in [1.54, 1.807) is 49.8 Å². The number of methoxy groups -OCH3 is 7. The molecule has 0 saturated carbocycles. The summed E-state index contributed by atoms with van der Waals surface area (Å²) in [5.41, 5.74) is 1.84. The maximum absolute atomic E-state index is 6.13. The van der Waals surface area contributed by atoms with E-state index < -0.39 is 0 Å². The number of ether oxygens (including phenoxy) is 8. The molecule has 1 aliphatic heterocycles. The Morgan fingerprint density at radius 2 is 1.17 bits per heavy atom. The zero-order valence-corrected chi connectivity index (χ0v) is 18.4.